The highest BCUT2D eigenvalue weighted by atomic mass is 16.5. The molecule has 0 aliphatic rings. The number of rotatable bonds is 6. The summed E-state index contributed by atoms with van der Waals surface area (Å²) >= 11 is 0. The molecule has 3 rings (SSSR count). The molecule has 7 heteroatoms. The van der Waals surface area contributed by atoms with Crippen molar-refractivity contribution in [3.63, 3.8) is 0 Å². The van der Waals surface area contributed by atoms with Crippen LogP contribution < -0.4 is 0 Å². The number of likely N-dealkylation sites (N-methyl/N-ethyl adjacent to an activating group) is 1. The van der Waals surface area contributed by atoms with E-state index in [0.29, 0.717) is 24.8 Å². The van der Waals surface area contributed by atoms with Gasteiger partial charge in [0.2, 0.25) is 11.8 Å². The maximum Gasteiger partial charge on any atom is 0.246 e. The molecule has 132 valence electrons. The Bertz CT molecular complexity index is 881. The van der Waals surface area contributed by atoms with Gasteiger partial charge >= 0.3 is 0 Å². The van der Waals surface area contributed by atoms with E-state index < -0.39 is 0 Å². The highest BCUT2D eigenvalue weighted by Gasteiger charge is 2.19. The summed E-state index contributed by atoms with van der Waals surface area (Å²) in [6.07, 6.45) is 3.97. The smallest absolute Gasteiger partial charge is 0.246 e. The lowest BCUT2D eigenvalue weighted by Gasteiger charge is -2.18. The van der Waals surface area contributed by atoms with E-state index in [0.717, 1.165) is 16.9 Å². The van der Waals surface area contributed by atoms with Crippen LogP contribution in [0.1, 0.15) is 49.7 Å². The van der Waals surface area contributed by atoms with Crippen LogP contribution in [0.3, 0.4) is 0 Å². The van der Waals surface area contributed by atoms with Crippen molar-refractivity contribution in [2.24, 2.45) is 0 Å². The quantitative estimate of drug-likeness (QED) is 0.689. The van der Waals surface area contributed by atoms with Gasteiger partial charge in [0.25, 0.3) is 0 Å². The Kier molecular flexibility index (Phi) is 4.83. The molecule has 0 saturated heterocycles. The van der Waals surface area contributed by atoms with E-state index in [1.54, 1.807) is 11.1 Å². The van der Waals surface area contributed by atoms with Crippen molar-refractivity contribution in [1.29, 1.82) is 0 Å². The lowest BCUT2D eigenvalue weighted by molar-refractivity contribution is -0.131. The Morgan fingerprint density at radius 3 is 2.88 bits per heavy atom. The third kappa shape index (κ3) is 3.55. The second-order valence-corrected chi connectivity index (χ2v) is 6.42. The number of hydrogen-bond acceptors (Lipinski definition) is 5. The zero-order valence-electron chi connectivity index (χ0n) is 15.1. The average Bonchev–Trinajstić information content (AvgIpc) is 3.21. The molecule has 0 saturated carbocycles. The van der Waals surface area contributed by atoms with Crippen molar-refractivity contribution < 1.29 is 9.32 Å². The normalized spacial score (nSPS) is 11.4. The van der Waals surface area contributed by atoms with E-state index >= 15 is 0 Å². The fourth-order valence-corrected chi connectivity index (χ4v) is 2.71. The van der Waals surface area contributed by atoms with Crippen molar-refractivity contribution in [3.8, 4) is 0 Å². The number of hydrogen-bond donors (Lipinski definition) is 0. The number of pyridine rings is 1. The number of carbonyl (C=O) groups excluding carboxylic acids is 1. The largest absolute Gasteiger partial charge is 0.337 e. The molecule has 3 heterocycles. The van der Waals surface area contributed by atoms with Crippen LogP contribution in [0.15, 0.2) is 29.0 Å². The monoisotopic (exact) mass is 341 g/mol. The minimum absolute atomic E-state index is 0.00935. The van der Waals surface area contributed by atoms with Gasteiger partial charge in [-0.3, -0.25) is 4.79 Å². The summed E-state index contributed by atoms with van der Waals surface area (Å²) in [6, 6.07) is 3.97. The molecule has 0 fully saturated rings. The molecule has 0 N–H and O–H groups in total. The summed E-state index contributed by atoms with van der Waals surface area (Å²) in [5.41, 5.74) is 2.84. The number of carbonyl (C=O) groups is 1. The summed E-state index contributed by atoms with van der Waals surface area (Å²) < 4.78 is 7.22. The summed E-state index contributed by atoms with van der Waals surface area (Å²) in [7, 11) is 0. The molecule has 0 aliphatic heterocycles. The molecule has 3 aromatic heterocycles. The average molecular weight is 341 g/mol. The molecule has 0 radical (unpaired) electrons. The molecule has 25 heavy (non-hydrogen) atoms. The van der Waals surface area contributed by atoms with Crippen LogP contribution in [0.4, 0.5) is 0 Å². The maximum absolute atomic E-state index is 12.7. The van der Waals surface area contributed by atoms with Crippen LogP contribution in [0.2, 0.25) is 0 Å². The highest BCUT2D eigenvalue weighted by molar-refractivity contribution is 5.78. The van der Waals surface area contributed by atoms with Gasteiger partial charge < -0.3 is 13.8 Å². The predicted molar refractivity (Wildman–Crippen MR) is 93.1 cm³/mol. The van der Waals surface area contributed by atoms with Crippen LogP contribution in [-0.2, 0) is 17.8 Å². The van der Waals surface area contributed by atoms with E-state index in [9.17, 15) is 4.79 Å². The van der Waals surface area contributed by atoms with Gasteiger partial charge in [-0.15, -0.1) is 0 Å². The highest BCUT2D eigenvalue weighted by Crippen LogP contribution is 2.14. The van der Waals surface area contributed by atoms with Crippen molar-refractivity contribution in [2.45, 2.75) is 46.6 Å². The summed E-state index contributed by atoms with van der Waals surface area (Å²) in [6.45, 7) is 8.86. The topological polar surface area (TPSA) is 76.5 Å². The first kappa shape index (κ1) is 17.1. The first-order valence-corrected chi connectivity index (χ1v) is 8.51. The fourth-order valence-electron chi connectivity index (χ4n) is 2.71. The Morgan fingerprint density at radius 2 is 2.20 bits per heavy atom. The van der Waals surface area contributed by atoms with Gasteiger partial charge in [0.15, 0.2) is 5.82 Å². The maximum atomic E-state index is 12.7. The van der Waals surface area contributed by atoms with Crippen molar-refractivity contribution in [2.75, 3.05) is 6.54 Å². The SMILES string of the molecule is CCN(Cc1nc(C(C)C)no1)C(=O)Cc1cnc2c(C)cccn12. The Balaban J connectivity index is 1.74. The number of aryl methyl sites for hydroxylation is 1. The summed E-state index contributed by atoms with van der Waals surface area (Å²) in [5.74, 6) is 1.34. The van der Waals surface area contributed by atoms with Gasteiger partial charge in [-0.25, -0.2) is 4.98 Å². The minimum Gasteiger partial charge on any atom is -0.337 e. The van der Waals surface area contributed by atoms with Gasteiger partial charge in [0, 0.05) is 24.9 Å². The van der Waals surface area contributed by atoms with Crippen LogP contribution in [0.25, 0.3) is 5.65 Å². The molecule has 0 spiro atoms. The molecular weight excluding hydrogens is 318 g/mol. The Hall–Kier alpha value is -2.70. The van der Waals surface area contributed by atoms with Gasteiger partial charge in [-0.05, 0) is 25.5 Å². The molecule has 0 bridgehead atoms. The van der Waals surface area contributed by atoms with Gasteiger partial charge in [-0.1, -0.05) is 25.1 Å². The van der Waals surface area contributed by atoms with Gasteiger partial charge in [-0.2, -0.15) is 4.98 Å². The molecule has 0 aliphatic carbocycles. The van der Waals surface area contributed by atoms with Crippen LogP contribution in [0, 0.1) is 6.92 Å². The van der Waals surface area contributed by atoms with Crippen LogP contribution >= 0.6 is 0 Å². The van der Waals surface area contributed by atoms with E-state index in [4.69, 9.17) is 4.52 Å². The number of imidazole rings is 1. The lowest BCUT2D eigenvalue weighted by atomic mass is 10.2. The lowest BCUT2D eigenvalue weighted by Crippen LogP contribution is -2.32. The minimum atomic E-state index is 0.00935. The number of aromatic nitrogens is 4. The van der Waals surface area contributed by atoms with E-state index in [-0.39, 0.29) is 18.2 Å². The fraction of sp³-hybridized carbons (Fsp3) is 0.444. The van der Waals surface area contributed by atoms with Gasteiger partial charge in [0.05, 0.1) is 18.7 Å². The number of fused-ring (bicyclic) bond motifs is 1. The third-order valence-corrected chi connectivity index (χ3v) is 4.20. The standard InChI is InChI=1S/C18H23N5O2/c1-5-22(11-15-20-17(12(2)3)21-25-15)16(24)9-14-10-19-18-13(4)7-6-8-23(14)18/h6-8,10,12H,5,9,11H2,1-4H3. The van der Waals surface area contributed by atoms with Crippen LogP contribution in [-0.4, -0.2) is 36.9 Å². The second kappa shape index (κ2) is 7.04. The summed E-state index contributed by atoms with van der Waals surface area (Å²) in [5, 5.41) is 3.95. The molecule has 0 aromatic carbocycles. The Morgan fingerprint density at radius 1 is 1.40 bits per heavy atom. The zero-order valence-corrected chi connectivity index (χ0v) is 15.1. The molecule has 1 amide bonds. The van der Waals surface area contributed by atoms with E-state index in [1.807, 2.05) is 50.4 Å². The first-order valence-electron chi connectivity index (χ1n) is 8.51. The van der Waals surface area contributed by atoms with Crippen molar-refractivity contribution in [3.05, 3.63) is 47.5 Å². The third-order valence-electron chi connectivity index (χ3n) is 4.20. The summed E-state index contributed by atoms with van der Waals surface area (Å²) in [4.78, 5) is 23.2. The van der Waals surface area contributed by atoms with Crippen molar-refractivity contribution in [1.82, 2.24) is 24.4 Å². The molecule has 7 nitrogen and oxygen atoms in total. The molecule has 0 unspecified atom stereocenters. The molecule has 3 aromatic rings. The van der Waals surface area contributed by atoms with E-state index in [1.165, 1.54) is 0 Å². The first-order chi connectivity index (χ1) is 12.0. The molecular formula is C18H23N5O2. The van der Waals surface area contributed by atoms with Crippen molar-refractivity contribution >= 4 is 11.6 Å². The van der Waals surface area contributed by atoms with E-state index in [2.05, 4.69) is 15.1 Å². The Labute approximate surface area is 146 Å². The van der Waals surface area contributed by atoms with Crippen LogP contribution in [0.5, 0.6) is 0 Å². The zero-order chi connectivity index (χ0) is 18.0. The molecule has 0 atom stereocenters. The number of nitrogens with zero attached hydrogens (tertiary/aromatic N) is 5. The second-order valence-electron chi connectivity index (χ2n) is 6.42. The predicted octanol–water partition coefficient (Wildman–Crippen LogP) is 2.74. The number of amides is 1. The van der Waals surface area contributed by atoms with Gasteiger partial charge in [0.1, 0.15) is 5.65 Å².